The molecule has 0 amide bonds. The summed E-state index contributed by atoms with van der Waals surface area (Å²) in [6, 6.07) is 30.4. The predicted octanol–water partition coefficient (Wildman–Crippen LogP) is 5.88. The SMILES string of the molecule is Oc1c(-c2ccccc2)ccc2cccc(-c3ccccc3)c12. The Kier molecular flexibility index (Phi) is 3.32. The molecule has 0 aliphatic carbocycles. The van der Waals surface area contributed by atoms with Gasteiger partial charge in [0.25, 0.3) is 0 Å². The Labute approximate surface area is 135 Å². The van der Waals surface area contributed by atoms with Gasteiger partial charge in [-0.25, -0.2) is 0 Å². The molecule has 0 fully saturated rings. The average Bonchev–Trinajstić information content (AvgIpc) is 2.63. The van der Waals surface area contributed by atoms with E-state index in [1.807, 2.05) is 66.7 Å². The van der Waals surface area contributed by atoms with E-state index in [2.05, 4.69) is 24.3 Å². The second-order valence-corrected chi connectivity index (χ2v) is 5.60. The van der Waals surface area contributed by atoms with Crippen LogP contribution in [0.1, 0.15) is 0 Å². The summed E-state index contributed by atoms with van der Waals surface area (Å²) in [4.78, 5) is 0. The molecule has 110 valence electrons. The topological polar surface area (TPSA) is 20.2 Å². The molecule has 0 unspecified atom stereocenters. The highest BCUT2D eigenvalue weighted by atomic mass is 16.3. The normalized spacial score (nSPS) is 10.8. The third-order valence-corrected chi connectivity index (χ3v) is 4.19. The molecular weight excluding hydrogens is 280 g/mol. The van der Waals surface area contributed by atoms with Crippen LogP contribution in [-0.4, -0.2) is 5.11 Å². The standard InChI is InChI=1S/C22H16O/c23-22-20(17-10-5-2-6-11-17)15-14-18-12-7-13-19(21(18)22)16-8-3-1-4-9-16/h1-15,23H. The second kappa shape index (κ2) is 5.62. The summed E-state index contributed by atoms with van der Waals surface area (Å²) in [5.74, 6) is 0.341. The van der Waals surface area contributed by atoms with Gasteiger partial charge in [0.2, 0.25) is 0 Å². The number of hydrogen-bond acceptors (Lipinski definition) is 1. The molecular formula is C22H16O. The first-order valence-electron chi connectivity index (χ1n) is 7.70. The molecule has 1 N–H and O–H groups in total. The fraction of sp³-hybridized carbons (Fsp3) is 0. The van der Waals surface area contributed by atoms with Crippen LogP contribution >= 0.6 is 0 Å². The number of hydrogen-bond donors (Lipinski definition) is 1. The number of phenolic OH excluding ortho intramolecular Hbond substituents is 1. The summed E-state index contributed by atoms with van der Waals surface area (Å²) in [6.45, 7) is 0. The van der Waals surface area contributed by atoms with E-state index in [1.54, 1.807) is 0 Å². The van der Waals surface area contributed by atoms with Gasteiger partial charge < -0.3 is 5.11 Å². The highest BCUT2D eigenvalue weighted by Crippen LogP contribution is 2.40. The van der Waals surface area contributed by atoms with E-state index in [-0.39, 0.29) is 0 Å². The number of aromatic hydroxyl groups is 1. The van der Waals surface area contributed by atoms with Crippen LogP contribution in [0.5, 0.6) is 5.75 Å². The maximum Gasteiger partial charge on any atom is 0.131 e. The minimum Gasteiger partial charge on any atom is -0.507 e. The van der Waals surface area contributed by atoms with Crippen molar-refractivity contribution in [1.82, 2.24) is 0 Å². The first-order chi connectivity index (χ1) is 11.3. The predicted molar refractivity (Wildman–Crippen MR) is 96.5 cm³/mol. The fourth-order valence-electron chi connectivity index (χ4n) is 3.07. The van der Waals surface area contributed by atoms with Gasteiger partial charge in [0, 0.05) is 10.9 Å². The minimum atomic E-state index is 0.341. The van der Waals surface area contributed by atoms with Crippen molar-refractivity contribution in [1.29, 1.82) is 0 Å². The first-order valence-corrected chi connectivity index (χ1v) is 7.70. The van der Waals surface area contributed by atoms with Gasteiger partial charge in [-0.2, -0.15) is 0 Å². The largest absolute Gasteiger partial charge is 0.507 e. The molecule has 0 aromatic heterocycles. The van der Waals surface area contributed by atoms with Crippen molar-refractivity contribution in [2.75, 3.05) is 0 Å². The Bertz CT molecular complexity index is 957. The fourth-order valence-corrected chi connectivity index (χ4v) is 3.07. The van der Waals surface area contributed by atoms with Crippen molar-refractivity contribution in [2.45, 2.75) is 0 Å². The van der Waals surface area contributed by atoms with E-state index in [9.17, 15) is 5.11 Å². The Balaban J connectivity index is 2.03. The number of phenols is 1. The molecule has 0 saturated carbocycles. The van der Waals surface area contributed by atoms with Crippen molar-refractivity contribution < 1.29 is 5.11 Å². The summed E-state index contributed by atoms with van der Waals surface area (Å²) >= 11 is 0. The zero-order chi connectivity index (χ0) is 15.6. The van der Waals surface area contributed by atoms with Crippen LogP contribution in [0.15, 0.2) is 91.0 Å². The Morgan fingerprint density at radius 1 is 0.478 bits per heavy atom. The lowest BCUT2D eigenvalue weighted by atomic mass is 9.93. The van der Waals surface area contributed by atoms with Gasteiger partial charge in [-0.05, 0) is 22.1 Å². The molecule has 0 bridgehead atoms. The van der Waals surface area contributed by atoms with Crippen LogP contribution in [0.25, 0.3) is 33.0 Å². The molecule has 0 heterocycles. The zero-order valence-electron chi connectivity index (χ0n) is 12.6. The molecule has 0 aliphatic heterocycles. The lowest BCUT2D eigenvalue weighted by Gasteiger charge is -2.12. The van der Waals surface area contributed by atoms with Gasteiger partial charge in [-0.3, -0.25) is 0 Å². The van der Waals surface area contributed by atoms with Gasteiger partial charge in [0.05, 0.1) is 0 Å². The number of rotatable bonds is 2. The van der Waals surface area contributed by atoms with Crippen molar-refractivity contribution in [2.24, 2.45) is 0 Å². The molecule has 23 heavy (non-hydrogen) atoms. The lowest BCUT2D eigenvalue weighted by Crippen LogP contribution is -1.85. The third kappa shape index (κ3) is 2.36. The average molecular weight is 296 g/mol. The van der Waals surface area contributed by atoms with Crippen molar-refractivity contribution in [3.05, 3.63) is 91.0 Å². The second-order valence-electron chi connectivity index (χ2n) is 5.60. The molecule has 4 aromatic rings. The molecule has 1 heteroatoms. The molecule has 4 aromatic carbocycles. The maximum atomic E-state index is 10.9. The smallest absolute Gasteiger partial charge is 0.131 e. The summed E-state index contributed by atoms with van der Waals surface area (Å²) in [6.07, 6.45) is 0. The van der Waals surface area contributed by atoms with Crippen LogP contribution < -0.4 is 0 Å². The summed E-state index contributed by atoms with van der Waals surface area (Å²) < 4.78 is 0. The third-order valence-electron chi connectivity index (χ3n) is 4.19. The van der Waals surface area contributed by atoms with Crippen molar-refractivity contribution in [3.63, 3.8) is 0 Å². The van der Waals surface area contributed by atoms with Crippen molar-refractivity contribution in [3.8, 4) is 28.0 Å². The van der Waals surface area contributed by atoms with Crippen LogP contribution in [-0.2, 0) is 0 Å². The quantitative estimate of drug-likeness (QED) is 0.490. The molecule has 0 atom stereocenters. The van der Waals surface area contributed by atoms with Gasteiger partial charge in [0.1, 0.15) is 5.75 Å². The van der Waals surface area contributed by atoms with Crippen LogP contribution in [0.3, 0.4) is 0 Å². The maximum absolute atomic E-state index is 10.9. The van der Waals surface area contributed by atoms with Gasteiger partial charge in [0.15, 0.2) is 0 Å². The lowest BCUT2D eigenvalue weighted by molar-refractivity contribution is 0.484. The zero-order valence-corrected chi connectivity index (χ0v) is 12.6. The summed E-state index contributed by atoms with van der Waals surface area (Å²) in [5.41, 5.74) is 4.05. The molecule has 0 spiro atoms. The van der Waals surface area contributed by atoms with Crippen LogP contribution in [0.4, 0.5) is 0 Å². The number of fused-ring (bicyclic) bond motifs is 1. The summed E-state index contributed by atoms with van der Waals surface area (Å²) in [7, 11) is 0. The van der Waals surface area contributed by atoms with Gasteiger partial charge >= 0.3 is 0 Å². The molecule has 1 nitrogen and oxygen atoms in total. The first kappa shape index (κ1) is 13.6. The van der Waals surface area contributed by atoms with Gasteiger partial charge in [-0.1, -0.05) is 91.0 Å². The Morgan fingerprint density at radius 3 is 1.74 bits per heavy atom. The Hall–Kier alpha value is -3.06. The molecule has 4 rings (SSSR count). The van der Waals surface area contributed by atoms with E-state index in [4.69, 9.17) is 0 Å². The van der Waals surface area contributed by atoms with Gasteiger partial charge in [-0.15, -0.1) is 0 Å². The molecule has 0 aliphatic rings. The van der Waals surface area contributed by atoms with Crippen LogP contribution in [0.2, 0.25) is 0 Å². The van der Waals surface area contributed by atoms with E-state index in [1.165, 1.54) is 0 Å². The highest BCUT2D eigenvalue weighted by Gasteiger charge is 2.12. The van der Waals surface area contributed by atoms with Crippen LogP contribution in [0, 0.1) is 0 Å². The van der Waals surface area contributed by atoms with Crippen molar-refractivity contribution >= 4 is 10.8 Å². The van der Waals surface area contributed by atoms with E-state index < -0.39 is 0 Å². The Morgan fingerprint density at radius 2 is 1.09 bits per heavy atom. The van der Waals surface area contributed by atoms with E-state index in [0.29, 0.717) is 5.75 Å². The minimum absolute atomic E-state index is 0.341. The monoisotopic (exact) mass is 296 g/mol. The highest BCUT2D eigenvalue weighted by molar-refractivity contribution is 6.04. The van der Waals surface area contributed by atoms with E-state index >= 15 is 0 Å². The summed E-state index contributed by atoms with van der Waals surface area (Å²) in [5, 5.41) is 12.9. The molecule has 0 radical (unpaired) electrons. The number of benzene rings is 4. The molecule has 0 saturated heterocycles. The van der Waals surface area contributed by atoms with E-state index in [0.717, 1.165) is 33.0 Å².